The van der Waals surface area contributed by atoms with Gasteiger partial charge in [0.2, 0.25) is 23.6 Å². The number of ether oxygens (including phenoxy) is 2. The Bertz CT molecular complexity index is 801. The molecule has 2 fully saturated rings. The van der Waals surface area contributed by atoms with Gasteiger partial charge >= 0.3 is 0 Å². The minimum Gasteiger partial charge on any atom is -0.375 e. The number of carbonyl (C=O) groups is 4. The predicted molar refractivity (Wildman–Crippen MR) is 145 cm³/mol. The molecule has 206 valence electrons. The van der Waals surface area contributed by atoms with E-state index in [0.717, 1.165) is 11.5 Å². The topological polar surface area (TPSA) is 93.2 Å². The van der Waals surface area contributed by atoms with E-state index < -0.39 is 11.2 Å². The molecule has 0 aliphatic carbocycles. The lowest BCUT2D eigenvalue weighted by Crippen LogP contribution is -2.38. The van der Waals surface area contributed by atoms with Crippen LogP contribution >= 0.6 is 23.5 Å². The zero-order valence-electron chi connectivity index (χ0n) is 23.0. The van der Waals surface area contributed by atoms with E-state index in [4.69, 9.17) is 9.47 Å². The van der Waals surface area contributed by atoms with Crippen LogP contribution in [0.5, 0.6) is 0 Å². The second-order valence-corrected chi connectivity index (χ2v) is 13.8. The van der Waals surface area contributed by atoms with E-state index in [0.29, 0.717) is 31.9 Å². The lowest BCUT2D eigenvalue weighted by molar-refractivity contribution is -0.142. The van der Waals surface area contributed by atoms with Gasteiger partial charge < -0.3 is 9.47 Å². The second-order valence-electron chi connectivity index (χ2n) is 11.1. The van der Waals surface area contributed by atoms with Crippen LogP contribution in [0, 0.1) is 5.92 Å². The molecule has 2 unspecified atom stereocenters. The van der Waals surface area contributed by atoms with Crippen LogP contribution in [0.3, 0.4) is 0 Å². The predicted octanol–water partition coefficient (Wildman–Crippen LogP) is 3.75. The average molecular weight is 545 g/mol. The summed E-state index contributed by atoms with van der Waals surface area (Å²) in [6, 6.07) is 0. The van der Waals surface area contributed by atoms with Gasteiger partial charge in [-0.2, -0.15) is 0 Å². The van der Waals surface area contributed by atoms with Crippen molar-refractivity contribution in [3.05, 3.63) is 0 Å². The van der Waals surface area contributed by atoms with Gasteiger partial charge in [0, 0.05) is 19.4 Å². The first kappa shape index (κ1) is 31.1. The van der Waals surface area contributed by atoms with Crippen molar-refractivity contribution in [1.82, 2.24) is 9.80 Å². The highest BCUT2D eigenvalue weighted by Crippen LogP contribution is 2.28. The third kappa shape index (κ3) is 9.33. The molecular formula is C26H44N2O6S2. The molecule has 0 bridgehead atoms. The van der Waals surface area contributed by atoms with Crippen molar-refractivity contribution < 1.29 is 28.7 Å². The molecule has 2 heterocycles. The number of carbonyl (C=O) groups excluding carboxylic acids is 4. The van der Waals surface area contributed by atoms with E-state index in [1.165, 1.54) is 21.6 Å². The molecule has 2 atom stereocenters. The number of hydrogen-bond acceptors (Lipinski definition) is 8. The highest BCUT2D eigenvalue weighted by atomic mass is 32.2. The second kappa shape index (κ2) is 13.6. The molecule has 0 aromatic heterocycles. The molecule has 10 heteroatoms. The van der Waals surface area contributed by atoms with Crippen LogP contribution in [-0.2, 0) is 28.7 Å². The molecule has 0 N–H and O–H groups in total. The van der Waals surface area contributed by atoms with E-state index in [-0.39, 0.29) is 60.1 Å². The molecule has 0 spiro atoms. The Hall–Kier alpha value is -1.10. The van der Waals surface area contributed by atoms with Crippen LogP contribution in [0.2, 0.25) is 0 Å². The Morgan fingerprint density at radius 3 is 1.86 bits per heavy atom. The van der Waals surface area contributed by atoms with Crippen LogP contribution in [-0.4, -0.2) is 92.9 Å². The number of rotatable bonds is 16. The number of amides is 4. The third-order valence-electron chi connectivity index (χ3n) is 6.35. The number of likely N-dealkylation sites (tertiary alicyclic amines) is 2. The first-order valence-corrected chi connectivity index (χ1v) is 15.1. The van der Waals surface area contributed by atoms with Crippen molar-refractivity contribution in [2.75, 3.05) is 37.8 Å². The Morgan fingerprint density at radius 2 is 1.31 bits per heavy atom. The quantitative estimate of drug-likeness (QED) is 0.271. The molecule has 2 aliphatic rings. The van der Waals surface area contributed by atoms with Crippen molar-refractivity contribution in [2.24, 2.45) is 5.92 Å². The maximum atomic E-state index is 12.6. The fourth-order valence-electron chi connectivity index (χ4n) is 4.06. The fourth-order valence-corrected chi connectivity index (χ4v) is 6.14. The van der Waals surface area contributed by atoms with Gasteiger partial charge in [-0.1, -0.05) is 20.8 Å². The van der Waals surface area contributed by atoms with Crippen molar-refractivity contribution in [2.45, 2.75) is 95.9 Å². The van der Waals surface area contributed by atoms with E-state index in [1.54, 1.807) is 11.8 Å². The zero-order chi connectivity index (χ0) is 27.1. The minimum absolute atomic E-state index is 0.0861. The Morgan fingerprint density at radius 1 is 0.806 bits per heavy atom. The van der Waals surface area contributed by atoms with Crippen molar-refractivity contribution in [3.63, 3.8) is 0 Å². The summed E-state index contributed by atoms with van der Waals surface area (Å²) in [5.41, 5.74) is -0.983. The zero-order valence-corrected chi connectivity index (χ0v) is 24.6. The van der Waals surface area contributed by atoms with Crippen molar-refractivity contribution >= 4 is 47.2 Å². The normalized spacial score (nSPS) is 21.6. The van der Waals surface area contributed by atoms with Gasteiger partial charge in [0.1, 0.15) is 0 Å². The highest BCUT2D eigenvalue weighted by Gasteiger charge is 2.40. The molecule has 36 heavy (non-hydrogen) atoms. The molecule has 8 nitrogen and oxygen atoms in total. The van der Waals surface area contributed by atoms with Crippen molar-refractivity contribution in [1.29, 1.82) is 0 Å². The van der Waals surface area contributed by atoms with Crippen LogP contribution in [0.25, 0.3) is 0 Å². The third-order valence-corrected chi connectivity index (χ3v) is 9.08. The Kier molecular flexibility index (Phi) is 11.8. The fraction of sp³-hybridized carbons (Fsp3) is 0.846. The largest absolute Gasteiger partial charge is 0.375 e. The number of hydrogen-bond donors (Lipinski definition) is 0. The maximum absolute atomic E-state index is 12.6. The number of nitrogens with zero attached hydrogens (tertiary/aromatic N) is 2. The number of imide groups is 2. The molecule has 2 rings (SSSR count). The Balaban J connectivity index is 1.70. The summed E-state index contributed by atoms with van der Waals surface area (Å²) in [5, 5.41) is -0.522. The minimum atomic E-state index is -0.496. The van der Waals surface area contributed by atoms with Gasteiger partial charge in [0.05, 0.1) is 41.5 Å². The van der Waals surface area contributed by atoms with Crippen LogP contribution in [0.15, 0.2) is 0 Å². The monoisotopic (exact) mass is 544 g/mol. The summed E-state index contributed by atoms with van der Waals surface area (Å²) in [5.74, 6) is 1.74. The Labute approximate surface area is 224 Å². The van der Waals surface area contributed by atoms with Gasteiger partial charge in [0.15, 0.2) is 0 Å². The molecule has 0 aromatic rings. The molecule has 0 aromatic carbocycles. The van der Waals surface area contributed by atoms with Gasteiger partial charge in [-0.05, 0) is 58.0 Å². The summed E-state index contributed by atoms with van der Waals surface area (Å²) in [7, 11) is 0. The summed E-state index contributed by atoms with van der Waals surface area (Å²) < 4.78 is 12.1. The standard InChI is InChI=1S/C26H44N2O6S2/c1-8-35-19-15-21(29)27(23(19)31)11-9-25(4,5)33-13-10-26(6,7)34-14-12-28-22(30)16-20(24(28)32)36-17-18(2)3/h18-20H,8-17H2,1-7H3. The first-order chi connectivity index (χ1) is 16.8. The van der Waals surface area contributed by atoms with Crippen LogP contribution in [0.1, 0.15) is 74.1 Å². The van der Waals surface area contributed by atoms with E-state index in [9.17, 15) is 19.2 Å². The molecule has 0 radical (unpaired) electrons. The smallest absolute Gasteiger partial charge is 0.242 e. The SMILES string of the molecule is CCSC1CC(=O)N(CCC(C)(C)OCCC(C)(C)OCCN2C(=O)CC(SCC(C)C)C2=O)C1=O. The van der Waals surface area contributed by atoms with Gasteiger partial charge in [-0.25, -0.2) is 0 Å². The highest BCUT2D eigenvalue weighted by molar-refractivity contribution is 8.00. The summed E-state index contributed by atoms with van der Waals surface area (Å²) in [6.07, 6.45) is 1.75. The molecule has 2 aliphatic heterocycles. The average Bonchev–Trinajstić information content (AvgIpc) is 3.19. The molecule has 2 saturated heterocycles. The lowest BCUT2D eigenvalue weighted by atomic mass is 10.0. The summed E-state index contributed by atoms with van der Waals surface area (Å²) in [4.78, 5) is 52.3. The van der Waals surface area contributed by atoms with Crippen molar-refractivity contribution in [3.8, 4) is 0 Å². The van der Waals surface area contributed by atoms with E-state index in [1.807, 2.05) is 34.6 Å². The van der Waals surface area contributed by atoms with E-state index >= 15 is 0 Å². The summed E-state index contributed by atoms with van der Waals surface area (Å²) in [6.45, 7) is 15.4. The molecule has 0 saturated carbocycles. The van der Waals surface area contributed by atoms with E-state index in [2.05, 4.69) is 13.8 Å². The maximum Gasteiger partial charge on any atom is 0.242 e. The van der Waals surface area contributed by atoms with Crippen LogP contribution in [0.4, 0.5) is 0 Å². The molecular weight excluding hydrogens is 500 g/mol. The van der Waals surface area contributed by atoms with Crippen LogP contribution < -0.4 is 0 Å². The van der Waals surface area contributed by atoms with Gasteiger partial charge in [-0.3, -0.25) is 29.0 Å². The van der Waals surface area contributed by atoms with Gasteiger partial charge in [0.25, 0.3) is 0 Å². The molecule has 4 amide bonds. The lowest BCUT2D eigenvalue weighted by Gasteiger charge is -2.31. The van der Waals surface area contributed by atoms with Gasteiger partial charge in [-0.15, -0.1) is 23.5 Å². The summed E-state index contributed by atoms with van der Waals surface area (Å²) >= 11 is 3.09. The number of thioether (sulfide) groups is 2. The first-order valence-electron chi connectivity index (χ1n) is 13.0.